The van der Waals surface area contributed by atoms with Gasteiger partial charge < -0.3 is 10.2 Å². The van der Waals surface area contributed by atoms with Gasteiger partial charge in [-0.1, -0.05) is 22.0 Å². The molecule has 2 aromatic rings. The lowest BCUT2D eigenvalue weighted by Gasteiger charge is -2.01. The lowest BCUT2D eigenvalue weighted by atomic mass is 10.2. The molecule has 0 amide bonds. The SMILES string of the molecule is NC(Br)c1ccc2ncoc2c1. The summed E-state index contributed by atoms with van der Waals surface area (Å²) in [5, 5.41) is 0. The monoisotopic (exact) mass is 226 g/mol. The number of rotatable bonds is 1. The van der Waals surface area contributed by atoms with Gasteiger partial charge in [-0.15, -0.1) is 0 Å². The standard InChI is InChI=1S/C8H7BrN2O/c9-8(10)5-1-2-6-7(3-5)12-4-11-6/h1-4,8H,10H2. The molecule has 4 heteroatoms. The molecule has 0 saturated carbocycles. The molecule has 0 spiro atoms. The molecule has 0 fully saturated rings. The Morgan fingerprint density at radius 1 is 1.50 bits per heavy atom. The Morgan fingerprint density at radius 3 is 3.08 bits per heavy atom. The number of aromatic nitrogens is 1. The summed E-state index contributed by atoms with van der Waals surface area (Å²) in [4.78, 5) is 3.85. The molecule has 3 nitrogen and oxygen atoms in total. The van der Waals surface area contributed by atoms with E-state index in [9.17, 15) is 0 Å². The van der Waals surface area contributed by atoms with Crippen molar-refractivity contribution < 1.29 is 4.42 Å². The van der Waals surface area contributed by atoms with Crippen LogP contribution >= 0.6 is 15.9 Å². The van der Waals surface area contributed by atoms with Crippen LogP contribution in [-0.2, 0) is 0 Å². The minimum absolute atomic E-state index is 0.146. The van der Waals surface area contributed by atoms with Crippen LogP contribution in [0.1, 0.15) is 10.5 Å². The van der Waals surface area contributed by atoms with Gasteiger partial charge in [-0.25, -0.2) is 4.98 Å². The smallest absolute Gasteiger partial charge is 0.181 e. The largest absolute Gasteiger partial charge is 0.443 e. The molecule has 1 aromatic carbocycles. The number of hydrogen-bond donors (Lipinski definition) is 1. The predicted octanol–water partition coefficient (Wildman–Crippen LogP) is 2.18. The van der Waals surface area contributed by atoms with E-state index in [2.05, 4.69) is 20.9 Å². The molecule has 0 saturated heterocycles. The summed E-state index contributed by atoms with van der Waals surface area (Å²) in [5.41, 5.74) is 8.23. The number of nitrogens with two attached hydrogens (primary N) is 1. The highest BCUT2D eigenvalue weighted by Crippen LogP contribution is 2.21. The van der Waals surface area contributed by atoms with Gasteiger partial charge in [0.25, 0.3) is 0 Å². The highest BCUT2D eigenvalue weighted by molar-refractivity contribution is 9.09. The summed E-state index contributed by atoms with van der Waals surface area (Å²) >= 11 is 3.27. The molecule has 1 atom stereocenters. The van der Waals surface area contributed by atoms with E-state index < -0.39 is 0 Å². The highest BCUT2D eigenvalue weighted by atomic mass is 79.9. The van der Waals surface area contributed by atoms with Crippen molar-refractivity contribution in [3.63, 3.8) is 0 Å². The Balaban J connectivity index is 2.60. The Hall–Kier alpha value is -0.870. The van der Waals surface area contributed by atoms with E-state index >= 15 is 0 Å². The van der Waals surface area contributed by atoms with E-state index in [0.29, 0.717) is 0 Å². The third-order valence-electron chi connectivity index (χ3n) is 1.67. The quantitative estimate of drug-likeness (QED) is 0.600. The molecule has 1 aromatic heterocycles. The van der Waals surface area contributed by atoms with Crippen molar-refractivity contribution >= 4 is 27.0 Å². The van der Waals surface area contributed by atoms with Gasteiger partial charge in [-0.05, 0) is 17.7 Å². The Morgan fingerprint density at radius 2 is 2.33 bits per heavy atom. The van der Waals surface area contributed by atoms with Crippen LogP contribution in [0.4, 0.5) is 0 Å². The van der Waals surface area contributed by atoms with Crippen LogP contribution in [0.2, 0.25) is 0 Å². The Kier molecular flexibility index (Phi) is 1.86. The number of nitrogens with zero attached hydrogens (tertiary/aromatic N) is 1. The van der Waals surface area contributed by atoms with Crippen molar-refractivity contribution in [2.24, 2.45) is 5.73 Å². The first-order valence-electron chi connectivity index (χ1n) is 3.50. The van der Waals surface area contributed by atoms with E-state index in [0.717, 1.165) is 16.7 Å². The van der Waals surface area contributed by atoms with E-state index in [1.807, 2.05) is 18.2 Å². The van der Waals surface area contributed by atoms with Gasteiger partial charge in [0, 0.05) is 0 Å². The zero-order valence-corrected chi connectivity index (χ0v) is 7.78. The first-order valence-corrected chi connectivity index (χ1v) is 4.42. The minimum Gasteiger partial charge on any atom is -0.443 e. The molecule has 0 aliphatic carbocycles. The number of benzene rings is 1. The van der Waals surface area contributed by atoms with Crippen molar-refractivity contribution in [2.75, 3.05) is 0 Å². The number of fused-ring (bicyclic) bond motifs is 1. The average molecular weight is 227 g/mol. The van der Waals surface area contributed by atoms with E-state index in [1.54, 1.807) is 0 Å². The number of oxazole rings is 1. The number of halogens is 1. The van der Waals surface area contributed by atoms with E-state index in [4.69, 9.17) is 10.2 Å². The van der Waals surface area contributed by atoms with E-state index in [1.165, 1.54) is 6.39 Å². The molecular weight excluding hydrogens is 220 g/mol. The van der Waals surface area contributed by atoms with Crippen molar-refractivity contribution in [1.82, 2.24) is 4.98 Å². The van der Waals surface area contributed by atoms with Crippen LogP contribution in [0.15, 0.2) is 29.0 Å². The lowest BCUT2D eigenvalue weighted by molar-refractivity contribution is 0.601. The summed E-state index contributed by atoms with van der Waals surface area (Å²) < 4.78 is 5.12. The highest BCUT2D eigenvalue weighted by Gasteiger charge is 2.03. The van der Waals surface area contributed by atoms with Gasteiger partial charge in [0.2, 0.25) is 0 Å². The molecular formula is C8H7BrN2O. The van der Waals surface area contributed by atoms with Crippen LogP contribution in [0.3, 0.4) is 0 Å². The van der Waals surface area contributed by atoms with Gasteiger partial charge in [0.1, 0.15) is 5.52 Å². The van der Waals surface area contributed by atoms with Crippen LogP contribution in [0.5, 0.6) is 0 Å². The van der Waals surface area contributed by atoms with Crippen molar-refractivity contribution in [3.05, 3.63) is 30.2 Å². The third-order valence-corrected chi connectivity index (χ3v) is 2.20. The second kappa shape index (κ2) is 2.88. The molecule has 2 rings (SSSR count). The van der Waals surface area contributed by atoms with E-state index in [-0.39, 0.29) is 4.95 Å². The van der Waals surface area contributed by atoms with Gasteiger partial charge >= 0.3 is 0 Å². The predicted molar refractivity (Wildman–Crippen MR) is 49.9 cm³/mol. The van der Waals surface area contributed by atoms with Gasteiger partial charge in [-0.3, -0.25) is 0 Å². The fourth-order valence-corrected chi connectivity index (χ4v) is 1.33. The average Bonchev–Trinajstić information content (AvgIpc) is 2.49. The molecule has 0 radical (unpaired) electrons. The summed E-state index contributed by atoms with van der Waals surface area (Å²) in [5.74, 6) is 0. The van der Waals surface area contributed by atoms with Gasteiger partial charge in [0.05, 0.1) is 4.95 Å². The molecule has 62 valence electrons. The molecule has 1 unspecified atom stereocenters. The van der Waals surface area contributed by atoms with Crippen LogP contribution < -0.4 is 5.73 Å². The number of alkyl halides is 1. The summed E-state index contributed by atoms with van der Waals surface area (Å²) in [6.07, 6.45) is 1.42. The minimum atomic E-state index is -0.146. The normalized spacial score (nSPS) is 13.5. The van der Waals surface area contributed by atoms with Gasteiger partial charge in [-0.2, -0.15) is 0 Å². The van der Waals surface area contributed by atoms with Crippen LogP contribution in [0, 0.1) is 0 Å². The van der Waals surface area contributed by atoms with Crippen LogP contribution in [0.25, 0.3) is 11.1 Å². The molecule has 0 aliphatic rings. The maximum Gasteiger partial charge on any atom is 0.181 e. The van der Waals surface area contributed by atoms with Crippen LogP contribution in [-0.4, -0.2) is 4.98 Å². The summed E-state index contributed by atoms with van der Waals surface area (Å²) in [7, 11) is 0. The fraction of sp³-hybridized carbons (Fsp3) is 0.125. The lowest BCUT2D eigenvalue weighted by Crippen LogP contribution is -2.00. The topological polar surface area (TPSA) is 52.0 Å². The maximum absolute atomic E-state index is 5.63. The Labute approximate surface area is 77.7 Å². The maximum atomic E-state index is 5.63. The first-order chi connectivity index (χ1) is 5.77. The van der Waals surface area contributed by atoms with Gasteiger partial charge in [0.15, 0.2) is 12.0 Å². The second-order valence-corrected chi connectivity index (χ2v) is 3.47. The molecule has 0 bridgehead atoms. The molecule has 0 aliphatic heterocycles. The van der Waals surface area contributed by atoms with Crippen molar-refractivity contribution in [2.45, 2.75) is 4.95 Å². The Bertz CT molecular complexity index is 397. The first kappa shape index (κ1) is 7.76. The second-order valence-electron chi connectivity index (χ2n) is 2.48. The molecule has 2 N–H and O–H groups in total. The summed E-state index contributed by atoms with van der Waals surface area (Å²) in [6, 6.07) is 5.68. The fourth-order valence-electron chi connectivity index (χ4n) is 1.04. The van der Waals surface area contributed by atoms with Crippen molar-refractivity contribution in [1.29, 1.82) is 0 Å². The summed E-state index contributed by atoms with van der Waals surface area (Å²) in [6.45, 7) is 0. The zero-order valence-electron chi connectivity index (χ0n) is 6.20. The molecule has 12 heavy (non-hydrogen) atoms. The van der Waals surface area contributed by atoms with Crippen molar-refractivity contribution in [3.8, 4) is 0 Å². The molecule has 1 heterocycles. The number of hydrogen-bond acceptors (Lipinski definition) is 3. The zero-order chi connectivity index (χ0) is 8.55. The third kappa shape index (κ3) is 1.23.